The summed E-state index contributed by atoms with van der Waals surface area (Å²) in [7, 11) is 0. The van der Waals surface area contributed by atoms with E-state index in [0.717, 1.165) is 5.56 Å². The molecule has 0 radical (unpaired) electrons. The van der Waals surface area contributed by atoms with Crippen LogP contribution >= 0.6 is 0 Å². The molecule has 0 heterocycles. The minimum absolute atomic E-state index is 0.156. The Morgan fingerprint density at radius 3 is 2.58 bits per heavy atom. The Kier molecular flexibility index (Phi) is 6.23. The Bertz CT molecular complexity index is 626. The first kappa shape index (κ1) is 17.8. The predicted molar refractivity (Wildman–Crippen MR) is 86.2 cm³/mol. The molecule has 0 saturated heterocycles. The summed E-state index contributed by atoms with van der Waals surface area (Å²) < 4.78 is 5.14. The number of carbonyl (C=O) groups excluding carboxylic acids is 4. The van der Waals surface area contributed by atoms with Gasteiger partial charge in [0.25, 0.3) is 0 Å². The molecule has 1 fully saturated rings. The van der Waals surface area contributed by atoms with Gasteiger partial charge in [-0.1, -0.05) is 30.3 Å². The van der Waals surface area contributed by atoms with Crippen LogP contribution in [-0.4, -0.2) is 29.5 Å². The molecule has 6 heteroatoms. The molecule has 1 amide bonds. The highest BCUT2D eigenvalue weighted by Crippen LogP contribution is 2.23. The van der Waals surface area contributed by atoms with Gasteiger partial charge in [-0.05, 0) is 25.3 Å². The van der Waals surface area contributed by atoms with Crippen molar-refractivity contribution in [1.82, 2.24) is 5.32 Å². The zero-order valence-electron chi connectivity index (χ0n) is 13.6. The molecule has 2 atom stereocenters. The Labute approximate surface area is 140 Å². The van der Waals surface area contributed by atoms with Gasteiger partial charge in [-0.15, -0.1) is 0 Å². The highest BCUT2D eigenvalue weighted by Gasteiger charge is 2.34. The van der Waals surface area contributed by atoms with Gasteiger partial charge < -0.3 is 10.1 Å². The third kappa shape index (κ3) is 5.30. The molecule has 0 bridgehead atoms. The van der Waals surface area contributed by atoms with E-state index >= 15 is 0 Å². The van der Waals surface area contributed by atoms with Crippen molar-refractivity contribution in [2.24, 2.45) is 5.92 Å². The van der Waals surface area contributed by atoms with Gasteiger partial charge >= 0.3 is 6.09 Å². The number of ether oxygens (including phenoxy) is 1. The number of hydrogen-bond donors (Lipinski definition) is 1. The SMILES string of the molecule is CC(=O)CC(=O)C1CC(NC(=O)OCc2ccccc2)CCC1=O. The van der Waals surface area contributed by atoms with E-state index in [4.69, 9.17) is 4.74 Å². The van der Waals surface area contributed by atoms with E-state index in [9.17, 15) is 19.2 Å². The highest BCUT2D eigenvalue weighted by atomic mass is 16.5. The largest absolute Gasteiger partial charge is 0.445 e. The number of hydrogen-bond acceptors (Lipinski definition) is 5. The van der Waals surface area contributed by atoms with Crippen LogP contribution < -0.4 is 5.32 Å². The van der Waals surface area contributed by atoms with Gasteiger partial charge in [-0.25, -0.2) is 4.79 Å². The first-order valence-electron chi connectivity index (χ1n) is 7.97. The fourth-order valence-electron chi connectivity index (χ4n) is 2.77. The molecule has 0 aromatic heterocycles. The number of nitrogens with one attached hydrogen (secondary N) is 1. The van der Waals surface area contributed by atoms with Crippen LogP contribution in [0.3, 0.4) is 0 Å². The zero-order valence-corrected chi connectivity index (χ0v) is 13.6. The molecule has 1 N–H and O–H groups in total. The average molecular weight is 331 g/mol. The first-order valence-corrected chi connectivity index (χ1v) is 7.97. The molecule has 0 aliphatic heterocycles. The van der Waals surface area contributed by atoms with Crippen LogP contribution in [0.15, 0.2) is 30.3 Å². The maximum Gasteiger partial charge on any atom is 0.407 e. The zero-order chi connectivity index (χ0) is 17.5. The van der Waals surface area contributed by atoms with Crippen molar-refractivity contribution in [2.75, 3.05) is 0 Å². The maximum absolute atomic E-state index is 12.0. The second-order valence-electron chi connectivity index (χ2n) is 6.04. The number of rotatable bonds is 6. The molecule has 24 heavy (non-hydrogen) atoms. The quantitative estimate of drug-likeness (QED) is 0.807. The summed E-state index contributed by atoms with van der Waals surface area (Å²) in [6.45, 7) is 1.48. The summed E-state index contributed by atoms with van der Waals surface area (Å²) in [5, 5.41) is 2.70. The molecule has 1 aromatic rings. The number of Topliss-reactive ketones (excluding diaryl/α,β-unsaturated/α-hetero) is 3. The molecular weight excluding hydrogens is 310 g/mol. The van der Waals surface area contributed by atoms with Gasteiger partial charge in [0.2, 0.25) is 0 Å². The van der Waals surface area contributed by atoms with Crippen molar-refractivity contribution in [1.29, 1.82) is 0 Å². The van der Waals surface area contributed by atoms with Crippen molar-refractivity contribution in [3.8, 4) is 0 Å². The Morgan fingerprint density at radius 2 is 1.92 bits per heavy atom. The molecule has 2 unspecified atom stereocenters. The second-order valence-corrected chi connectivity index (χ2v) is 6.04. The summed E-state index contributed by atoms with van der Waals surface area (Å²) in [6, 6.07) is 8.99. The Hall–Kier alpha value is -2.50. The molecule has 6 nitrogen and oxygen atoms in total. The molecule has 128 valence electrons. The fourth-order valence-corrected chi connectivity index (χ4v) is 2.77. The van der Waals surface area contributed by atoms with Crippen molar-refractivity contribution < 1.29 is 23.9 Å². The van der Waals surface area contributed by atoms with Gasteiger partial charge in [0.05, 0.1) is 12.3 Å². The number of carbonyl (C=O) groups is 4. The average Bonchev–Trinajstić information content (AvgIpc) is 2.55. The Morgan fingerprint density at radius 1 is 1.21 bits per heavy atom. The summed E-state index contributed by atoms with van der Waals surface area (Å²) in [5.74, 6) is -1.58. The van der Waals surface area contributed by atoms with Crippen molar-refractivity contribution in [3.63, 3.8) is 0 Å². The number of alkyl carbamates (subject to hydrolysis) is 1. The van der Waals surface area contributed by atoms with Crippen LogP contribution in [-0.2, 0) is 25.7 Å². The topological polar surface area (TPSA) is 89.5 Å². The summed E-state index contributed by atoms with van der Waals surface area (Å²) in [6.07, 6.45) is 0.115. The number of amides is 1. The monoisotopic (exact) mass is 331 g/mol. The molecule has 1 aliphatic carbocycles. The maximum atomic E-state index is 12.0. The minimum Gasteiger partial charge on any atom is -0.445 e. The second kappa shape index (κ2) is 8.38. The van der Waals surface area contributed by atoms with E-state index in [2.05, 4.69) is 5.32 Å². The molecule has 1 aromatic carbocycles. The van der Waals surface area contributed by atoms with Crippen LogP contribution in [0.25, 0.3) is 0 Å². The molecule has 0 spiro atoms. The van der Waals surface area contributed by atoms with Crippen LogP contribution in [0.4, 0.5) is 4.79 Å². The summed E-state index contributed by atoms with van der Waals surface area (Å²) in [4.78, 5) is 46.8. The lowest BCUT2D eigenvalue weighted by Gasteiger charge is -2.27. The minimum atomic E-state index is -0.804. The van der Waals surface area contributed by atoms with Crippen molar-refractivity contribution >= 4 is 23.4 Å². The third-order valence-corrected chi connectivity index (χ3v) is 3.99. The standard InChI is InChI=1S/C18H21NO5/c1-12(20)9-17(22)15-10-14(7-8-16(15)21)19-18(23)24-11-13-5-3-2-4-6-13/h2-6,14-15H,7-11H2,1H3,(H,19,23). The van der Waals surface area contributed by atoms with Crippen LogP contribution in [0.2, 0.25) is 0 Å². The first-order chi connectivity index (χ1) is 11.5. The van der Waals surface area contributed by atoms with Crippen LogP contribution in [0.5, 0.6) is 0 Å². The third-order valence-electron chi connectivity index (χ3n) is 3.99. The molecule has 1 aliphatic rings. The predicted octanol–water partition coefficient (Wildman–Crippen LogP) is 2.20. The van der Waals surface area contributed by atoms with Crippen molar-refractivity contribution in [2.45, 2.75) is 45.3 Å². The highest BCUT2D eigenvalue weighted by molar-refractivity contribution is 6.09. The van der Waals surface area contributed by atoms with Crippen LogP contribution in [0.1, 0.15) is 38.2 Å². The van der Waals surface area contributed by atoms with Gasteiger partial charge in [0.15, 0.2) is 5.78 Å². The molecule has 1 saturated carbocycles. The number of benzene rings is 1. The normalized spacial score (nSPS) is 20.3. The van der Waals surface area contributed by atoms with E-state index < -0.39 is 12.0 Å². The summed E-state index contributed by atoms with van der Waals surface area (Å²) >= 11 is 0. The van der Waals surface area contributed by atoms with Crippen LogP contribution in [0, 0.1) is 5.92 Å². The Balaban J connectivity index is 1.83. The van der Waals surface area contributed by atoms with Gasteiger partial charge in [-0.2, -0.15) is 0 Å². The van der Waals surface area contributed by atoms with E-state index in [1.54, 1.807) is 0 Å². The summed E-state index contributed by atoms with van der Waals surface area (Å²) in [5.41, 5.74) is 0.876. The van der Waals surface area contributed by atoms with E-state index in [-0.39, 0.29) is 49.3 Å². The van der Waals surface area contributed by atoms with Gasteiger partial charge in [0, 0.05) is 12.5 Å². The number of ketones is 3. The molecular formula is C18H21NO5. The molecule has 2 rings (SSSR count). The lowest BCUT2D eigenvalue weighted by Crippen LogP contribution is -2.43. The van der Waals surface area contributed by atoms with Gasteiger partial charge in [0.1, 0.15) is 18.2 Å². The smallest absolute Gasteiger partial charge is 0.407 e. The lowest BCUT2D eigenvalue weighted by atomic mass is 9.81. The van der Waals surface area contributed by atoms with E-state index in [1.165, 1.54) is 6.92 Å². The lowest BCUT2D eigenvalue weighted by molar-refractivity contribution is -0.136. The fraction of sp³-hybridized carbons (Fsp3) is 0.444. The van der Waals surface area contributed by atoms with Crippen molar-refractivity contribution in [3.05, 3.63) is 35.9 Å². The van der Waals surface area contributed by atoms with E-state index in [1.807, 2.05) is 30.3 Å². The van der Waals surface area contributed by atoms with Gasteiger partial charge in [-0.3, -0.25) is 14.4 Å². The van der Waals surface area contributed by atoms with E-state index in [0.29, 0.717) is 6.42 Å².